The number of hydrogen-bond donors (Lipinski definition) is 1. The zero-order valence-corrected chi connectivity index (χ0v) is 11.5. The van der Waals surface area contributed by atoms with Gasteiger partial charge in [-0.2, -0.15) is 0 Å². The van der Waals surface area contributed by atoms with Crippen molar-refractivity contribution in [3.63, 3.8) is 0 Å². The number of nitrogens with zero attached hydrogens (tertiary/aromatic N) is 1. The summed E-state index contributed by atoms with van der Waals surface area (Å²) in [5.41, 5.74) is 1.31. The van der Waals surface area contributed by atoms with E-state index < -0.39 is 6.04 Å². The highest BCUT2D eigenvalue weighted by Gasteiger charge is 2.21. The maximum Gasteiger partial charge on any atom is 0.234 e. The zero-order chi connectivity index (χ0) is 14.3. The minimum atomic E-state index is -0.661. The van der Waals surface area contributed by atoms with Crippen LogP contribution in [0, 0.1) is 10.1 Å². The average molecular weight is 263 g/mol. The van der Waals surface area contributed by atoms with Crippen molar-refractivity contribution < 1.29 is 10.0 Å². The molecule has 4 heteroatoms. The molecule has 0 saturated heterocycles. The Morgan fingerprint density at radius 1 is 1.42 bits per heavy atom. The Bertz CT molecular complexity index is 454. The van der Waals surface area contributed by atoms with Gasteiger partial charge in [0.2, 0.25) is 6.04 Å². The Morgan fingerprint density at radius 3 is 2.68 bits per heavy atom. The molecule has 0 aliphatic rings. The van der Waals surface area contributed by atoms with Gasteiger partial charge in [-0.25, -0.2) is 0 Å². The Morgan fingerprint density at radius 2 is 2.11 bits per heavy atom. The monoisotopic (exact) mass is 263 g/mol. The Kier molecular flexibility index (Phi) is 6.06. The van der Waals surface area contributed by atoms with Crippen LogP contribution < -0.4 is 0 Å². The number of phenols is 1. The maximum absolute atomic E-state index is 11.1. The molecule has 0 aliphatic heterocycles. The summed E-state index contributed by atoms with van der Waals surface area (Å²) in [5, 5.41) is 20.8. The number of benzene rings is 1. The van der Waals surface area contributed by atoms with E-state index in [2.05, 4.69) is 6.92 Å². The van der Waals surface area contributed by atoms with Crippen LogP contribution in [-0.2, 0) is 0 Å². The molecule has 19 heavy (non-hydrogen) atoms. The van der Waals surface area contributed by atoms with Crippen molar-refractivity contribution in [1.82, 2.24) is 0 Å². The average Bonchev–Trinajstić information content (AvgIpc) is 2.37. The van der Waals surface area contributed by atoms with E-state index in [1.807, 2.05) is 0 Å². The fourth-order valence-corrected chi connectivity index (χ4v) is 2.04. The molecular weight excluding hydrogens is 242 g/mol. The largest absolute Gasteiger partial charge is 0.507 e. The SMILES string of the molecule is CCCCCC(C(C)=Cc1ccccc1O)[N+](=O)[O-]. The lowest BCUT2D eigenvalue weighted by Gasteiger charge is -2.10. The molecule has 1 atom stereocenters. The molecule has 0 spiro atoms. The van der Waals surface area contributed by atoms with Gasteiger partial charge in [-0.05, 0) is 25.5 Å². The van der Waals surface area contributed by atoms with Gasteiger partial charge in [0.15, 0.2) is 0 Å². The third-order valence-corrected chi connectivity index (χ3v) is 3.18. The first-order valence-corrected chi connectivity index (χ1v) is 6.66. The molecule has 1 aromatic rings. The molecule has 0 amide bonds. The smallest absolute Gasteiger partial charge is 0.234 e. The molecule has 0 heterocycles. The van der Waals surface area contributed by atoms with Crippen LogP contribution in [0.5, 0.6) is 5.75 Å². The van der Waals surface area contributed by atoms with Gasteiger partial charge in [0.1, 0.15) is 5.75 Å². The molecule has 0 aromatic heterocycles. The number of phenolic OH excluding ortho intramolecular Hbond substituents is 1. The minimum Gasteiger partial charge on any atom is -0.507 e. The fourth-order valence-electron chi connectivity index (χ4n) is 2.04. The van der Waals surface area contributed by atoms with E-state index in [1.54, 1.807) is 37.3 Å². The topological polar surface area (TPSA) is 63.4 Å². The van der Waals surface area contributed by atoms with Gasteiger partial charge in [0.05, 0.1) is 0 Å². The van der Waals surface area contributed by atoms with Crippen LogP contribution in [0.4, 0.5) is 0 Å². The number of nitro groups is 1. The van der Waals surface area contributed by atoms with Crippen LogP contribution in [0.2, 0.25) is 0 Å². The first kappa shape index (κ1) is 15.2. The van der Waals surface area contributed by atoms with Gasteiger partial charge in [-0.3, -0.25) is 10.1 Å². The molecule has 0 fully saturated rings. The van der Waals surface area contributed by atoms with Crippen molar-refractivity contribution in [2.75, 3.05) is 0 Å². The van der Waals surface area contributed by atoms with Crippen molar-refractivity contribution in [3.05, 3.63) is 45.5 Å². The Labute approximate surface area is 113 Å². The van der Waals surface area contributed by atoms with Crippen LogP contribution in [0.1, 0.15) is 45.1 Å². The van der Waals surface area contributed by atoms with E-state index in [9.17, 15) is 15.2 Å². The highest BCUT2D eigenvalue weighted by Crippen LogP contribution is 2.22. The van der Waals surface area contributed by atoms with Gasteiger partial charge < -0.3 is 5.11 Å². The fraction of sp³-hybridized carbons (Fsp3) is 0.467. The standard InChI is InChI=1S/C15H21NO3/c1-3-4-5-9-14(16(18)19)12(2)11-13-8-6-7-10-15(13)17/h6-8,10-11,14,17H,3-5,9H2,1-2H3. The summed E-state index contributed by atoms with van der Waals surface area (Å²) >= 11 is 0. The molecule has 0 bridgehead atoms. The normalized spacial score (nSPS) is 13.3. The van der Waals surface area contributed by atoms with Crippen LogP contribution in [0.25, 0.3) is 6.08 Å². The third-order valence-electron chi connectivity index (χ3n) is 3.18. The van der Waals surface area contributed by atoms with E-state index >= 15 is 0 Å². The second-order valence-electron chi connectivity index (χ2n) is 4.74. The van der Waals surface area contributed by atoms with Gasteiger partial charge in [-0.15, -0.1) is 0 Å². The predicted molar refractivity (Wildman–Crippen MR) is 76.7 cm³/mol. The van der Waals surface area contributed by atoms with E-state index in [0.717, 1.165) is 19.3 Å². The van der Waals surface area contributed by atoms with Gasteiger partial charge >= 0.3 is 0 Å². The number of hydrogen-bond acceptors (Lipinski definition) is 3. The lowest BCUT2D eigenvalue weighted by molar-refractivity contribution is -0.512. The van der Waals surface area contributed by atoms with Crippen molar-refractivity contribution >= 4 is 6.08 Å². The molecule has 0 radical (unpaired) electrons. The lowest BCUT2D eigenvalue weighted by atomic mass is 10.00. The van der Waals surface area contributed by atoms with Crippen LogP contribution in [0.3, 0.4) is 0 Å². The molecule has 1 rings (SSSR count). The van der Waals surface area contributed by atoms with Crippen LogP contribution in [0.15, 0.2) is 29.8 Å². The van der Waals surface area contributed by atoms with Crippen LogP contribution in [-0.4, -0.2) is 16.1 Å². The highest BCUT2D eigenvalue weighted by molar-refractivity contribution is 5.59. The number of unbranched alkanes of at least 4 members (excludes halogenated alkanes) is 2. The van der Waals surface area contributed by atoms with Crippen LogP contribution >= 0.6 is 0 Å². The first-order chi connectivity index (χ1) is 9.06. The molecule has 1 unspecified atom stereocenters. The van der Waals surface area contributed by atoms with Crippen molar-refractivity contribution in [2.24, 2.45) is 0 Å². The van der Waals surface area contributed by atoms with Gasteiger partial charge in [-0.1, -0.05) is 38.0 Å². The lowest BCUT2D eigenvalue weighted by Crippen LogP contribution is -2.20. The molecule has 1 aromatic carbocycles. The Hall–Kier alpha value is -1.84. The predicted octanol–water partition coefficient (Wildman–Crippen LogP) is 4.02. The minimum absolute atomic E-state index is 0.150. The quantitative estimate of drug-likeness (QED) is 0.459. The molecule has 104 valence electrons. The number of para-hydroxylation sites is 1. The maximum atomic E-state index is 11.1. The second kappa shape index (κ2) is 7.56. The van der Waals surface area contributed by atoms with E-state index in [1.165, 1.54) is 0 Å². The van der Waals surface area contributed by atoms with Crippen molar-refractivity contribution in [3.8, 4) is 5.75 Å². The van der Waals surface area contributed by atoms with E-state index in [4.69, 9.17) is 0 Å². The molecule has 0 aliphatic carbocycles. The Balaban J connectivity index is 2.84. The van der Waals surface area contributed by atoms with Crippen molar-refractivity contribution in [1.29, 1.82) is 0 Å². The summed E-state index contributed by atoms with van der Waals surface area (Å²) in [4.78, 5) is 10.9. The number of rotatable bonds is 7. The first-order valence-electron chi connectivity index (χ1n) is 6.66. The van der Waals surface area contributed by atoms with E-state index in [-0.39, 0.29) is 10.7 Å². The molecule has 4 nitrogen and oxygen atoms in total. The summed E-state index contributed by atoms with van der Waals surface area (Å²) in [5.74, 6) is 0.150. The number of aromatic hydroxyl groups is 1. The summed E-state index contributed by atoms with van der Waals surface area (Å²) in [6, 6.07) is 6.20. The summed E-state index contributed by atoms with van der Waals surface area (Å²) in [6.07, 6.45) is 5.17. The molecular formula is C15H21NO3. The van der Waals surface area contributed by atoms with Crippen molar-refractivity contribution in [2.45, 2.75) is 45.6 Å². The summed E-state index contributed by atoms with van der Waals surface area (Å²) in [6.45, 7) is 3.83. The second-order valence-corrected chi connectivity index (χ2v) is 4.74. The molecule has 0 saturated carbocycles. The van der Waals surface area contributed by atoms with E-state index in [0.29, 0.717) is 17.6 Å². The third kappa shape index (κ3) is 4.73. The highest BCUT2D eigenvalue weighted by atomic mass is 16.6. The van der Waals surface area contributed by atoms with Gasteiger partial charge in [0.25, 0.3) is 0 Å². The summed E-state index contributed by atoms with van der Waals surface area (Å²) in [7, 11) is 0. The molecule has 1 N–H and O–H groups in total. The zero-order valence-electron chi connectivity index (χ0n) is 11.5. The van der Waals surface area contributed by atoms with Gasteiger partial charge in [0, 0.05) is 22.5 Å². The summed E-state index contributed by atoms with van der Waals surface area (Å²) < 4.78 is 0.